The second kappa shape index (κ2) is 9.72. The third-order valence-electron chi connectivity index (χ3n) is 2.66. The standard InChI is InChI=1S/C14H22.H2O/c1-2-3-4-5-6-8-11-14-12-9-7-10-13-14;/h7,9-10,12-13H,2-6,8,11H2,1H3;1H2. The molecule has 0 spiro atoms. The van der Waals surface area contributed by atoms with Gasteiger partial charge in [0.1, 0.15) is 0 Å². The van der Waals surface area contributed by atoms with Crippen LogP contribution in [0, 0.1) is 0 Å². The number of unbranched alkanes of at least 4 members (excludes halogenated alkanes) is 5. The molecule has 0 atom stereocenters. The molecule has 0 unspecified atom stereocenters. The van der Waals surface area contributed by atoms with Crippen LogP contribution >= 0.6 is 0 Å². The van der Waals surface area contributed by atoms with Gasteiger partial charge in [-0.15, -0.1) is 0 Å². The third kappa shape index (κ3) is 7.15. The van der Waals surface area contributed by atoms with Gasteiger partial charge in [0.05, 0.1) is 0 Å². The van der Waals surface area contributed by atoms with E-state index < -0.39 is 0 Å². The van der Waals surface area contributed by atoms with Crippen LogP contribution in [-0.2, 0) is 6.42 Å². The van der Waals surface area contributed by atoms with Crippen LogP contribution in [0.1, 0.15) is 51.0 Å². The van der Waals surface area contributed by atoms with Gasteiger partial charge >= 0.3 is 0 Å². The van der Waals surface area contributed by atoms with Gasteiger partial charge < -0.3 is 5.48 Å². The lowest BCUT2D eigenvalue weighted by Gasteiger charge is -2.01. The Labute approximate surface area is 93.8 Å². The first-order valence-corrected chi connectivity index (χ1v) is 5.97. The first-order valence-electron chi connectivity index (χ1n) is 5.97. The molecule has 0 radical (unpaired) electrons. The predicted molar refractivity (Wildman–Crippen MR) is 67.1 cm³/mol. The summed E-state index contributed by atoms with van der Waals surface area (Å²) >= 11 is 0. The van der Waals surface area contributed by atoms with Gasteiger partial charge in [-0.1, -0.05) is 69.4 Å². The molecule has 0 aliphatic heterocycles. The second-order valence-corrected chi connectivity index (χ2v) is 4.00. The number of rotatable bonds is 7. The van der Waals surface area contributed by atoms with Crippen LogP contribution in [0.5, 0.6) is 0 Å². The molecule has 0 aliphatic rings. The van der Waals surface area contributed by atoms with Gasteiger partial charge in [0, 0.05) is 0 Å². The molecule has 0 heterocycles. The number of hydrogen-bond donors (Lipinski definition) is 0. The topological polar surface area (TPSA) is 31.5 Å². The molecule has 0 fully saturated rings. The normalized spacial score (nSPS) is 9.67. The van der Waals surface area contributed by atoms with Crippen molar-refractivity contribution in [1.29, 1.82) is 0 Å². The summed E-state index contributed by atoms with van der Waals surface area (Å²) in [5.74, 6) is 0. The first kappa shape index (κ1) is 14.2. The molecule has 86 valence electrons. The molecule has 1 aromatic carbocycles. The molecule has 1 aromatic rings. The van der Waals surface area contributed by atoms with E-state index in [0.717, 1.165) is 0 Å². The molecule has 0 saturated carbocycles. The van der Waals surface area contributed by atoms with Gasteiger partial charge in [0.25, 0.3) is 0 Å². The fraction of sp³-hybridized carbons (Fsp3) is 0.571. The van der Waals surface area contributed by atoms with Crippen molar-refractivity contribution < 1.29 is 5.48 Å². The summed E-state index contributed by atoms with van der Waals surface area (Å²) in [4.78, 5) is 0. The Balaban J connectivity index is 0.00000196. The minimum atomic E-state index is 0. The van der Waals surface area contributed by atoms with Gasteiger partial charge in [-0.25, -0.2) is 0 Å². The Morgan fingerprint density at radius 2 is 1.40 bits per heavy atom. The fourth-order valence-corrected chi connectivity index (χ4v) is 1.75. The largest absolute Gasteiger partial charge is 0.412 e. The van der Waals surface area contributed by atoms with Crippen molar-refractivity contribution in [3.63, 3.8) is 0 Å². The molecular weight excluding hydrogens is 184 g/mol. The Hall–Kier alpha value is -0.820. The van der Waals surface area contributed by atoms with Crippen molar-refractivity contribution in [2.75, 3.05) is 0 Å². The van der Waals surface area contributed by atoms with Crippen LogP contribution < -0.4 is 0 Å². The van der Waals surface area contributed by atoms with E-state index in [4.69, 9.17) is 0 Å². The minimum Gasteiger partial charge on any atom is -0.412 e. The van der Waals surface area contributed by atoms with Crippen molar-refractivity contribution in [2.24, 2.45) is 0 Å². The van der Waals surface area contributed by atoms with Gasteiger partial charge in [-0.05, 0) is 18.4 Å². The quantitative estimate of drug-likeness (QED) is 0.611. The summed E-state index contributed by atoms with van der Waals surface area (Å²) in [5, 5.41) is 0. The predicted octanol–water partition coefficient (Wildman–Crippen LogP) is 3.76. The van der Waals surface area contributed by atoms with Crippen LogP contribution in [0.2, 0.25) is 0 Å². The van der Waals surface area contributed by atoms with Crippen LogP contribution in [-0.4, -0.2) is 5.48 Å². The minimum absolute atomic E-state index is 0. The molecule has 0 saturated heterocycles. The van der Waals surface area contributed by atoms with E-state index in [0.29, 0.717) is 0 Å². The smallest absolute Gasteiger partial charge is 0.0279 e. The Kier molecular flexibility index (Phi) is 9.19. The molecule has 0 aromatic heterocycles. The summed E-state index contributed by atoms with van der Waals surface area (Å²) in [6, 6.07) is 10.8. The van der Waals surface area contributed by atoms with Crippen LogP contribution in [0.3, 0.4) is 0 Å². The first-order chi connectivity index (χ1) is 6.93. The van der Waals surface area contributed by atoms with Crippen molar-refractivity contribution in [1.82, 2.24) is 0 Å². The Morgan fingerprint density at radius 3 is 2.07 bits per heavy atom. The fourth-order valence-electron chi connectivity index (χ4n) is 1.75. The van der Waals surface area contributed by atoms with Gasteiger partial charge in [-0.2, -0.15) is 0 Å². The molecule has 1 nitrogen and oxygen atoms in total. The maximum atomic E-state index is 2.27. The highest BCUT2D eigenvalue weighted by Crippen LogP contribution is 2.09. The average Bonchev–Trinajstić information content (AvgIpc) is 2.25. The maximum Gasteiger partial charge on any atom is -0.0279 e. The zero-order chi connectivity index (χ0) is 10.1. The Bertz CT molecular complexity index is 218. The number of benzene rings is 1. The van der Waals surface area contributed by atoms with Crippen molar-refractivity contribution in [3.8, 4) is 0 Å². The molecule has 15 heavy (non-hydrogen) atoms. The number of hydrogen-bond acceptors (Lipinski definition) is 0. The highest BCUT2D eigenvalue weighted by Gasteiger charge is 1.92. The van der Waals surface area contributed by atoms with E-state index in [1.165, 1.54) is 50.5 Å². The van der Waals surface area contributed by atoms with E-state index in [2.05, 4.69) is 37.3 Å². The van der Waals surface area contributed by atoms with Crippen molar-refractivity contribution in [3.05, 3.63) is 35.9 Å². The Morgan fingerprint density at radius 1 is 0.800 bits per heavy atom. The molecule has 2 N–H and O–H groups in total. The van der Waals surface area contributed by atoms with Gasteiger partial charge in [0.2, 0.25) is 0 Å². The lowest BCUT2D eigenvalue weighted by Crippen LogP contribution is -1.85. The van der Waals surface area contributed by atoms with E-state index in [9.17, 15) is 0 Å². The van der Waals surface area contributed by atoms with Crippen LogP contribution in [0.15, 0.2) is 30.3 Å². The van der Waals surface area contributed by atoms with Crippen molar-refractivity contribution in [2.45, 2.75) is 51.9 Å². The average molecular weight is 208 g/mol. The monoisotopic (exact) mass is 208 g/mol. The molecule has 0 amide bonds. The molecule has 1 heteroatoms. The van der Waals surface area contributed by atoms with Crippen LogP contribution in [0.4, 0.5) is 0 Å². The van der Waals surface area contributed by atoms with Gasteiger partial charge in [-0.3, -0.25) is 0 Å². The second-order valence-electron chi connectivity index (χ2n) is 4.00. The lowest BCUT2D eigenvalue weighted by atomic mass is 10.1. The maximum absolute atomic E-state index is 2.27. The van der Waals surface area contributed by atoms with Gasteiger partial charge in [0.15, 0.2) is 0 Å². The summed E-state index contributed by atoms with van der Waals surface area (Å²) in [5.41, 5.74) is 1.49. The van der Waals surface area contributed by atoms with E-state index in [-0.39, 0.29) is 5.48 Å². The zero-order valence-electron chi connectivity index (χ0n) is 9.84. The molecular formula is C14H24O. The van der Waals surface area contributed by atoms with E-state index in [1.54, 1.807) is 0 Å². The number of aryl methyl sites for hydroxylation is 1. The molecule has 1 rings (SSSR count). The highest BCUT2D eigenvalue weighted by molar-refractivity contribution is 5.14. The molecule has 0 bridgehead atoms. The van der Waals surface area contributed by atoms with Crippen molar-refractivity contribution >= 4 is 0 Å². The summed E-state index contributed by atoms with van der Waals surface area (Å²) < 4.78 is 0. The zero-order valence-corrected chi connectivity index (χ0v) is 9.84. The summed E-state index contributed by atoms with van der Waals surface area (Å²) in [6.07, 6.45) is 9.60. The van der Waals surface area contributed by atoms with E-state index in [1.807, 2.05) is 0 Å². The summed E-state index contributed by atoms with van der Waals surface area (Å²) in [7, 11) is 0. The van der Waals surface area contributed by atoms with E-state index >= 15 is 0 Å². The summed E-state index contributed by atoms with van der Waals surface area (Å²) in [6.45, 7) is 2.27. The SMILES string of the molecule is CCCCCCCCc1ccccc1.O. The highest BCUT2D eigenvalue weighted by atomic mass is 16.0. The molecule has 0 aliphatic carbocycles. The van der Waals surface area contributed by atoms with Crippen LogP contribution in [0.25, 0.3) is 0 Å². The third-order valence-corrected chi connectivity index (χ3v) is 2.66. The lowest BCUT2D eigenvalue weighted by molar-refractivity contribution is 0.607.